The van der Waals surface area contributed by atoms with Crippen LogP contribution in [-0.2, 0) is 0 Å². The molecule has 1 aromatic heterocycles. The number of benzene rings is 3. The monoisotopic (exact) mass is 356 g/mol. The van der Waals surface area contributed by atoms with Crippen LogP contribution >= 0.6 is 0 Å². The van der Waals surface area contributed by atoms with Crippen LogP contribution in [0.1, 0.15) is 5.56 Å². The van der Waals surface area contributed by atoms with Crippen LogP contribution in [0.5, 0.6) is 11.5 Å². The first-order valence-corrected chi connectivity index (χ1v) is 8.72. The summed E-state index contributed by atoms with van der Waals surface area (Å²) in [6.45, 7) is 0. The molecule has 4 heteroatoms. The molecule has 134 valence electrons. The molecule has 0 atom stereocenters. The number of methoxy groups -OCH3 is 2. The van der Waals surface area contributed by atoms with Crippen LogP contribution in [0, 0.1) is 0 Å². The van der Waals surface area contributed by atoms with Gasteiger partial charge in [0.1, 0.15) is 11.5 Å². The van der Waals surface area contributed by atoms with Crippen LogP contribution in [-0.4, -0.2) is 25.4 Å². The average molecular weight is 356 g/mol. The summed E-state index contributed by atoms with van der Waals surface area (Å²) in [6, 6.07) is 24.0. The van der Waals surface area contributed by atoms with Gasteiger partial charge in [0, 0.05) is 22.7 Å². The van der Waals surface area contributed by atoms with Gasteiger partial charge < -0.3 is 14.5 Å². The number of hydrogen-bond donors (Lipinski definition) is 1. The van der Waals surface area contributed by atoms with Crippen molar-refractivity contribution in [3.63, 3.8) is 0 Å². The van der Waals surface area contributed by atoms with Crippen LogP contribution in [0.4, 0.5) is 5.69 Å². The molecule has 4 nitrogen and oxygen atoms in total. The molecule has 0 saturated carbocycles. The highest BCUT2D eigenvalue weighted by atomic mass is 16.5. The summed E-state index contributed by atoms with van der Waals surface area (Å²) in [4.78, 5) is 8.19. The zero-order valence-electron chi connectivity index (χ0n) is 15.3. The molecule has 0 aliphatic rings. The van der Waals surface area contributed by atoms with Crippen LogP contribution in [0.25, 0.3) is 22.2 Å². The van der Waals surface area contributed by atoms with Crippen LogP contribution < -0.4 is 9.47 Å². The van der Waals surface area contributed by atoms with E-state index >= 15 is 0 Å². The van der Waals surface area contributed by atoms with E-state index in [1.165, 1.54) is 0 Å². The first kappa shape index (κ1) is 16.9. The number of nitrogens with one attached hydrogen (secondary N) is 1. The highest BCUT2D eigenvalue weighted by Crippen LogP contribution is 2.32. The molecule has 4 aromatic rings. The standard InChI is InChI=1S/C23H20N2O2/c1-26-18-10-8-17(9-11-18)24-15-21-20-14-19(27-2)12-13-22(20)25-23(21)16-6-4-3-5-7-16/h3-15,25H,1-2H3. The van der Waals surface area contributed by atoms with Crippen molar-refractivity contribution in [3.8, 4) is 22.8 Å². The topological polar surface area (TPSA) is 46.6 Å². The number of nitrogens with zero attached hydrogens (tertiary/aromatic N) is 1. The summed E-state index contributed by atoms with van der Waals surface area (Å²) < 4.78 is 10.6. The Hall–Kier alpha value is -3.53. The zero-order valence-corrected chi connectivity index (χ0v) is 15.3. The summed E-state index contributed by atoms with van der Waals surface area (Å²) in [7, 11) is 3.33. The third kappa shape index (κ3) is 3.42. The molecule has 0 aliphatic heterocycles. The van der Waals surface area contributed by atoms with Crippen molar-refractivity contribution in [2.24, 2.45) is 4.99 Å². The van der Waals surface area contributed by atoms with Gasteiger partial charge in [-0.1, -0.05) is 30.3 Å². The third-order valence-corrected chi connectivity index (χ3v) is 4.52. The van der Waals surface area contributed by atoms with Crippen LogP contribution in [0.3, 0.4) is 0 Å². The third-order valence-electron chi connectivity index (χ3n) is 4.52. The maximum Gasteiger partial charge on any atom is 0.119 e. The minimum Gasteiger partial charge on any atom is -0.497 e. The summed E-state index contributed by atoms with van der Waals surface area (Å²) in [5.41, 5.74) is 5.10. The molecular formula is C23H20N2O2. The summed E-state index contributed by atoms with van der Waals surface area (Å²) in [5, 5.41) is 1.07. The molecule has 0 bridgehead atoms. The lowest BCUT2D eigenvalue weighted by Gasteiger charge is -2.02. The van der Waals surface area contributed by atoms with Gasteiger partial charge in [-0.05, 0) is 48.0 Å². The van der Waals surface area contributed by atoms with E-state index in [1.807, 2.05) is 66.9 Å². The number of rotatable bonds is 5. The highest BCUT2D eigenvalue weighted by Gasteiger charge is 2.12. The Bertz CT molecular complexity index is 1080. The molecular weight excluding hydrogens is 336 g/mol. The average Bonchev–Trinajstić information content (AvgIpc) is 3.11. The van der Waals surface area contributed by atoms with E-state index in [9.17, 15) is 0 Å². The molecule has 0 amide bonds. The van der Waals surface area contributed by atoms with E-state index in [0.29, 0.717) is 0 Å². The lowest BCUT2D eigenvalue weighted by atomic mass is 10.1. The summed E-state index contributed by atoms with van der Waals surface area (Å²) in [5.74, 6) is 1.64. The van der Waals surface area contributed by atoms with Crippen molar-refractivity contribution in [2.45, 2.75) is 0 Å². The van der Waals surface area contributed by atoms with Crippen molar-refractivity contribution in [2.75, 3.05) is 14.2 Å². The molecule has 0 saturated heterocycles. The van der Waals surface area contributed by atoms with Crippen molar-refractivity contribution in [1.29, 1.82) is 0 Å². The second kappa shape index (κ2) is 7.38. The Morgan fingerprint density at radius 3 is 2.22 bits per heavy atom. The highest BCUT2D eigenvalue weighted by molar-refractivity contribution is 6.06. The molecule has 4 rings (SSSR count). The second-order valence-electron chi connectivity index (χ2n) is 6.15. The molecule has 0 aliphatic carbocycles. The largest absolute Gasteiger partial charge is 0.497 e. The van der Waals surface area contributed by atoms with Crippen molar-refractivity contribution in [3.05, 3.63) is 78.4 Å². The molecule has 1 N–H and O–H groups in total. The number of hydrogen-bond acceptors (Lipinski definition) is 3. The molecule has 0 spiro atoms. The van der Waals surface area contributed by atoms with Crippen molar-refractivity contribution in [1.82, 2.24) is 4.98 Å². The minimum atomic E-state index is 0.816. The fourth-order valence-corrected chi connectivity index (χ4v) is 3.09. The Balaban J connectivity index is 1.83. The molecule has 27 heavy (non-hydrogen) atoms. The molecule has 0 fully saturated rings. The lowest BCUT2D eigenvalue weighted by Crippen LogP contribution is -1.86. The van der Waals surface area contributed by atoms with E-state index in [4.69, 9.17) is 9.47 Å². The van der Waals surface area contributed by atoms with Crippen LogP contribution in [0.2, 0.25) is 0 Å². The number of aromatic amines is 1. The molecule has 3 aromatic carbocycles. The predicted molar refractivity (Wildman–Crippen MR) is 111 cm³/mol. The normalized spacial score (nSPS) is 11.2. The Labute approximate surface area is 158 Å². The van der Waals surface area contributed by atoms with E-state index < -0.39 is 0 Å². The van der Waals surface area contributed by atoms with Gasteiger partial charge in [-0.15, -0.1) is 0 Å². The Morgan fingerprint density at radius 1 is 0.815 bits per heavy atom. The smallest absolute Gasteiger partial charge is 0.119 e. The maximum absolute atomic E-state index is 5.41. The van der Waals surface area contributed by atoms with Gasteiger partial charge in [0.05, 0.1) is 25.6 Å². The van der Waals surface area contributed by atoms with E-state index in [-0.39, 0.29) is 0 Å². The second-order valence-corrected chi connectivity index (χ2v) is 6.15. The summed E-state index contributed by atoms with van der Waals surface area (Å²) >= 11 is 0. The van der Waals surface area contributed by atoms with Gasteiger partial charge in [-0.25, -0.2) is 0 Å². The number of H-pyrrole nitrogens is 1. The SMILES string of the molecule is COc1ccc(N=Cc2c(-c3ccccc3)[nH]c3ccc(OC)cc23)cc1. The Morgan fingerprint density at radius 2 is 1.52 bits per heavy atom. The summed E-state index contributed by atoms with van der Waals surface area (Å²) in [6.07, 6.45) is 1.91. The van der Waals surface area contributed by atoms with Crippen molar-refractivity contribution < 1.29 is 9.47 Å². The van der Waals surface area contributed by atoms with Gasteiger partial charge >= 0.3 is 0 Å². The lowest BCUT2D eigenvalue weighted by molar-refractivity contribution is 0.415. The number of aromatic nitrogens is 1. The van der Waals surface area contributed by atoms with Gasteiger partial charge in [-0.3, -0.25) is 4.99 Å². The number of ether oxygens (including phenoxy) is 2. The molecule has 0 unspecified atom stereocenters. The fraction of sp³-hybridized carbons (Fsp3) is 0.0870. The van der Waals surface area contributed by atoms with E-state index in [0.717, 1.165) is 44.9 Å². The van der Waals surface area contributed by atoms with Gasteiger partial charge in [-0.2, -0.15) is 0 Å². The van der Waals surface area contributed by atoms with Gasteiger partial charge in [0.15, 0.2) is 0 Å². The zero-order chi connectivity index (χ0) is 18.6. The van der Waals surface area contributed by atoms with Gasteiger partial charge in [0.2, 0.25) is 0 Å². The predicted octanol–water partition coefficient (Wildman–Crippen LogP) is 5.60. The number of aliphatic imine (C=N–C) groups is 1. The minimum absolute atomic E-state index is 0.816. The quantitative estimate of drug-likeness (QED) is 0.473. The first-order chi connectivity index (χ1) is 13.3. The van der Waals surface area contributed by atoms with Gasteiger partial charge in [0.25, 0.3) is 0 Å². The van der Waals surface area contributed by atoms with Crippen molar-refractivity contribution >= 4 is 22.8 Å². The van der Waals surface area contributed by atoms with Crippen LogP contribution in [0.15, 0.2) is 77.8 Å². The Kier molecular flexibility index (Phi) is 4.62. The molecule has 0 radical (unpaired) electrons. The van der Waals surface area contributed by atoms with E-state index in [2.05, 4.69) is 22.1 Å². The fourth-order valence-electron chi connectivity index (χ4n) is 3.09. The maximum atomic E-state index is 5.41. The number of fused-ring (bicyclic) bond motifs is 1. The first-order valence-electron chi connectivity index (χ1n) is 8.72. The van der Waals surface area contributed by atoms with E-state index in [1.54, 1.807) is 14.2 Å². The molecule has 1 heterocycles.